The van der Waals surface area contributed by atoms with Crippen molar-refractivity contribution in [2.24, 2.45) is 0 Å². The maximum atomic E-state index is 9.68. The highest BCUT2D eigenvalue weighted by Gasteiger charge is 2.14. The third kappa shape index (κ3) is 1.39. The minimum absolute atomic E-state index is 0.0176. The number of nitrogens with zero attached hydrogens (tertiary/aromatic N) is 2. The third-order valence-electron chi connectivity index (χ3n) is 2.60. The van der Waals surface area contributed by atoms with Gasteiger partial charge in [0.15, 0.2) is 11.5 Å². The molecule has 1 aliphatic heterocycles. The van der Waals surface area contributed by atoms with Crippen molar-refractivity contribution in [1.82, 2.24) is 9.69 Å². The molecule has 8 nitrogen and oxygen atoms in total. The van der Waals surface area contributed by atoms with Crippen molar-refractivity contribution in [3.8, 4) is 11.5 Å². The highest BCUT2D eigenvalue weighted by molar-refractivity contribution is 5.38. The summed E-state index contributed by atoms with van der Waals surface area (Å²) >= 11 is 0. The molecule has 2 rings (SSSR count). The van der Waals surface area contributed by atoms with E-state index in [9.17, 15) is 10.4 Å². The van der Waals surface area contributed by atoms with Crippen molar-refractivity contribution in [3.05, 3.63) is 33.5 Å². The van der Waals surface area contributed by atoms with Gasteiger partial charge in [-0.05, 0) is 6.07 Å². The first kappa shape index (κ1) is 11.8. The van der Waals surface area contributed by atoms with E-state index in [1.807, 2.05) is 0 Å². The van der Waals surface area contributed by atoms with Crippen LogP contribution in [0.15, 0.2) is 12.3 Å². The van der Waals surface area contributed by atoms with E-state index in [-0.39, 0.29) is 32.8 Å². The van der Waals surface area contributed by atoms with Crippen molar-refractivity contribution in [2.45, 2.75) is 0 Å². The summed E-state index contributed by atoms with van der Waals surface area (Å²) in [6.45, 7) is 0. The van der Waals surface area contributed by atoms with Crippen molar-refractivity contribution < 1.29 is 19.9 Å². The maximum absolute atomic E-state index is 9.68. The zero-order valence-corrected chi connectivity index (χ0v) is 9.76. The molecule has 18 heavy (non-hydrogen) atoms. The van der Waals surface area contributed by atoms with Crippen LogP contribution in [0.4, 0.5) is 0 Å². The second kappa shape index (κ2) is 3.99. The lowest BCUT2D eigenvalue weighted by atomic mass is 10.2. The Kier molecular flexibility index (Phi) is 2.62. The van der Waals surface area contributed by atoms with Gasteiger partial charge in [0.05, 0.1) is 20.4 Å². The Morgan fingerprint density at radius 1 is 1.06 bits per heavy atom. The highest BCUT2D eigenvalue weighted by atomic mass is 16.6. The Hall–Kier alpha value is -2.64. The average Bonchev–Trinajstić information content (AvgIpc) is 2.36. The van der Waals surface area contributed by atoms with Crippen molar-refractivity contribution in [1.29, 1.82) is 10.8 Å². The molecule has 0 aromatic carbocycles. The first-order chi connectivity index (χ1) is 8.52. The molecule has 2 aliphatic rings. The summed E-state index contributed by atoms with van der Waals surface area (Å²) in [5.41, 5.74) is 0. The first-order valence-corrected chi connectivity index (χ1v) is 4.93. The van der Waals surface area contributed by atoms with E-state index < -0.39 is 0 Å². The molecule has 8 heteroatoms. The van der Waals surface area contributed by atoms with Crippen LogP contribution >= 0.6 is 0 Å². The molecule has 0 unspecified atom stereocenters. The molecular weight excluding hydrogens is 240 g/mol. The van der Waals surface area contributed by atoms with Crippen molar-refractivity contribution in [2.75, 3.05) is 14.2 Å². The van der Waals surface area contributed by atoms with Gasteiger partial charge in [0.1, 0.15) is 16.1 Å². The van der Waals surface area contributed by atoms with E-state index in [1.165, 1.54) is 20.3 Å². The largest absolute Gasteiger partial charge is 0.491 e. The molecule has 0 atom stereocenters. The molecule has 0 spiro atoms. The summed E-state index contributed by atoms with van der Waals surface area (Å²) in [5.74, 6) is 0.120. The van der Waals surface area contributed by atoms with E-state index >= 15 is 0 Å². The Morgan fingerprint density at radius 3 is 2.17 bits per heavy atom. The number of methoxy groups -OCH3 is 2. The maximum Gasteiger partial charge on any atom is 0.190 e. The molecule has 96 valence electrons. The van der Waals surface area contributed by atoms with E-state index in [0.717, 1.165) is 6.20 Å². The standard InChI is InChI=1S/C10H12N4O4/c1-17-9-6(11)5-3-4-13(15)14(16)8(5)7(12)10(9)18-2/h3-4,11-12,15-16H,1-2H3. The molecule has 0 amide bonds. The molecule has 0 saturated heterocycles. The summed E-state index contributed by atoms with van der Waals surface area (Å²) in [7, 11) is 2.70. The summed E-state index contributed by atoms with van der Waals surface area (Å²) in [5, 5.41) is 34.9. The zero-order valence-electron chi connectivity index (χ0n) is 9.76. The predicted molar refractivity (Wildman–Crippen MR) is 56.9 cm³/mol. The number of hydrogen-bond donors (Lipinski definition) is 4. The average molecular weight is 252 g/mol. The van der Waals surface area contributed by atoms with Gasteiger partial charge in [-0.15, -0.1) is 0 Å². The van der Waals surface area contributed by atoms with E-state index in [1.54, 1.807) is 0 Å². The second-order valence-corrected chi connectivity index (χ2v) is 3.50. The van der Waals surface area contributed by atoms with Gasteiger partial charge in [0, 0.05) is 5.22 Å². The van der Waals surface area contributed by atoms with E-state index in [0.29, 0.717) is 9.69 Å². The molecule has 1 heterocycles. The molecule has 0 aromatic rings. The summed E-state index contributed by atoms with van der Waals surface area (Å²) in [6.07, 6.45) is 1.14. The van der Waals surface area contributed by atoms with Crippen molar-refractivity contribution in [3.63, 3.8) is 0 Å². The molecular formula is C10H12N4O4. The number of hydrogen-bond acceptors (Lipinski definition) is 6. The minimum Gasteiger partial charge on any atom is -0.491 e. The molecule has 0 radical (unpaired) electrons. The predicted octanol–water partition coefficient (Wildman–Crippen LogP) is -0.535. The van der Waals surface area contributed by atoms with Gasteiger partial charge < -0.3 is 19.9 Å². The Balaban J connectivity index is 3.22. The normalized spacial score (nSPS) is 10.6. The number of rotatable bonds is 2. The van der Waals surface area contributed by atoms with Crippen molar-refractivity contribution >= 4 is 0 Å². The SMILES string of the molecule is COc1c(OC)c(=N)c2n(O)n(O)ccc=2c1=N. The van der Waals surface area contributed by atoms with Crippen LogP contribution in [0.25, 0.3) is 0 Å². The highest BCUT2D eigenvalue weighted by Crippen LogP contribution is 2.16. The van der Waals surface area contributed by atoms with E-state index in [4.69, 9.17) is 20.3 Å². The fourth-order valence-corrected chi connectivity index (χ4v) is 1.78. The number of nitrogens with one attached hydrogen (secondary N) is 2. The van der Waals surface area contributed by atoms with Crippen LogP contribution in [0.3, 0.4) is 0 Å². The minimum atomic E-state index is -0.189. The molecule has 4 N–H and O–H groups in total. The third-order valence-corrected chi connectivity index (χ3v) is 2.60. The molecule has 0 aromatic heterocycles. The van der Waals surface area contributed by atoms with Crippen LogP contribution in [0.5, 0.6) is 11.5 Å². The monoisotopic (exact) mass is 252 g/mol. The fourth-order valence-electron chi connectivity index (χ4n) is 1.78. The van der Waals surface area contributed by atoms with Gasteiger partial charge in [0.25, 0.3) is 0 Å². The first-order valence-electron chi connectivity index (χ1n) is 4.93. The topological polar surface area (TPSA) is 116 Å². The smallest absolute Gasteiger partial charge is 0.190 e. The summed E-state index contributed by atoms with van der Waals surface area (Å²) < 4.78 is 10.0. The molecule has 1 aliphatic carbocycles. The quantitative estimate of drug-likeness (QED) is 0.537. The lowest BCUT2D eigenvalue weighted by Gasteiger charge is -2.11. The summed E-state index contributed by atoms with van der Waals surface area (Å²) in [4.78, 5) is 0.753. The van der Waals surface area contributed by atoms with Crippen LogP contribution in [-0.2, 0) is 0 Å². The van der Waals surface area contributed by atoms with Gasteiger partial charge in [-0.1, -0.05) is 9.69 Å². The van der Waals surface area contributed by atoms with Crippen LogP contribution in [0, 0.1) is 21.4 Å². The zero-order chi connectivity index (χ0) is 13.4. The van der Waals surface area contributed by atoms with Crippen LogP contribution in [0.1, 0.15) is 0 Å². The fraction of sp³-hybridized carbons (Fsp3) is 0.200. The van der Waals surface area contributed by atoms with Crippen LogP contribution in [-0.4, -0.2) is 34.3 Å². The van der Waals surface area contributed by atoms with Crippen LogP contribution < -0.4 is 20.2 Å². The number of aromatic nitrogens is 2. The van der Waals surface area contributed by atoms with E-state index in [2.05, 4.69) is 0 Å². The Morgan fingerprint density at radius 2 is 1.61 bits per heavy atom. The van der Waals surface area contributed by atoms with Crippen LogP contribution in [0.2, 0.25) is 0 Å². The van der Waals surface area contributed by atoms with Gasteiger partial charge in [-0.25, -0.2) is 0 Å². The lowest BCUT2D eigenvalue weighted by Crippen LogP contribution is -2.26. The van der Waals surface area contributed by atoms with Gasteiger partial charge in [-0.3, -0.25) is 10.8 Å². The second-order valence-electron chi connectivity index (χ2n) is 3.50. The van der Waals surface area contributed by atoms with Gasteiger partial charge >= 0.3 is 0 Å². The number of ether oxygens (including phenoxy) is 2. The molecule has 0 fully saturated rings. The Bertz CT molecular complexity index is 776. The molecule has 0 bridgehead atoms. The molecule has 0 saturated carbocycles. The summed E-state index contributed by atoms with van der Waals surface area (Å²) in [6, 6.07) is 1.39. The van der Waals surface area contributed by atoms with Gasteiger partial charge in [0.2, 0.25) is 0 Å². The Labute approximate surface area is 100 Å². The van der Waals surface area contributed by atoms with Gasteiger partial charge in [-0.2, -0.15) is 0 Å². The lowest BCUT2D eigenvalue weighted by molar-refractivity contribution is -0.0222.